The van der Waals surface area contributed by atoms with E-state index < -0.39 is 10.0 Å². The highest BCUT2D eigenvalue weighted by atomic mass is 35.5. The summed E-state index contributed by atoms with van der Waals surface area (Å²) in [5, 5.41) is 3.64. The highest BCUT2D eigenvalue weighted by molar-refractivity contribution is 7.88. The van der Waals surface area contributed by atoms with Crippen molar-refractivity contribution in [2.24, 2.45) is 5.92 Å². The van der Waals surface area contributed by atoms with Gasteiger partial charge in [-0.3, -0.25) is 4.79 Å². The lowest BCUT2D eigenvalue weighted by atomic mass is 9.97. The maximum absolute atomic E-state index is 12.8. The molecule has 1 N–H and O–H groups in total. The molecule has 1 fully saturated rings. The van der Waals surface area contributed by atoms with Crippen molar-refractivity contribution >= 4 is 39.1 Å². The fraction of sp³-hybridized carbons (Fsp3) is 0.381. The van der Waals surface area contributed by atoms with Gasteiger partial charge in [-0.2, -0.15) is 0 Å². The molecule has 1 aliphatic rings. The van der Waals surface area contributed by atoms with E-state index in [1.54, 1.807) is 18.2 Å². The summed E-state index contributed by atoms with van der Waals surface area (Å²) in [4.78, 5) is 12.5. The van der Waals surface area contributed by atoms with E-state index >= 15 is 0 Å². The Morgan fingerprint density at radius 3 is 2.34 bits per heavy atom. The van der Waals surface area contributed by atoms with E-state index in [2.05, 4.69) is 5.32 Å². The van der Waals surface area contributed by atoms with Crippen LogP contribution >= 0.6 is 23.2 Å². The van der Waals surface area contributed by atoms with Crippen molar-refractivity contribution in [3.05, 3.63) is 69.2 Å². The van der Waals surface area contributed by atoms with Crippen LogP contribution in [0.4, 0.5) is 0 Å². The van der Waals surface area contributed by atoms with Crippen LogP contribution in [0.25, 0.3) is 0 Å². The highest BCUT2D eigenvalue weighted by Crippen LogP contribution is 2.29. The number of hydrogen-bond acceptors (Lipinski definition) is 3. The third-order valence-corrected chi connectivity index (χ3v) is 7.67. The van der Waals surface area contributed by atoms with Crippen LogP contribution in [-0.2, 0) is 27.1 Å². The first-order chi connectivity index (χ1) is 13.8. The van der Waals surface area contributed by atoms with Gasteiger partial charge in [0.05, 0.1) is 5.75 Å². The first kappa shape index (κ1) is 22.1. The molecule has 5 nitrogen and oxygen atoms in total. The van der Waals surface area contributed by atoms with E-state index in [1.165, 1.54) is 4.31 Å². The number of benzene rings is 2. The number of carbonyl (C=O) groups excluding carboxylic acids is 1. The van der Waals surface area contributed by atoms with Gasteiger partial charge < -0.3 is 5.32 Å². The van der Waals surface area contributed by atoms with Crippen LogP contribution in [0.3, 0.4) is 0 Å². The molecule has 1 amide bonds. The lowest BCUT2D eigenvalue weighted by Gasteiger charge is -2.30. The number of aryl methyl sites for hydroxylation is 1. The van der Waals surface area contributed by atoms with Crippen LogP contribution in [0.15, 0.2) is 42.5 Å². The Balaban J connectivity index is 1.54. The number of amides is 1. The molecule has 1 heterocycles. The van der Waals surface area contributed by atoms with Gasteiger partial charge in [0.25, 0.3) is 0 Å². The summed E-state index contributed by atoms with van der Waals surface area (Å²) >= 11 is 12.2. The molecule has 1 saturated heterocycles. The van der Waals surface area contributed by atoms with Gasteiger partial charge in [0, 0.05) is 41.2 Å². The first-order valence-electron chi connectivity index (χ1n) is 9.50. The summed E-state index contributed by atoms with van der Waals surface area (Å²) in [5.74, 6) is -0.455. The molecule has 3 rings (SSSR count). The molecular formula is C21H24Cl2N2O3S. The van der Waals surface area contributed by atoms with Crippen molar-refractivity contribution in [2.45, 2.75) is 32.1 Å². The molecule has 0 aromatic heterocycles. The number of rotatable bonds is 6. The van der Waals surface area contributed by atoms with E-state index in [0.29, 0.717) is 48.1 Å². The zero-order valence-electron chi connectivity index (χ0n) is 16.2. The minimum Gasteiger partial charge on any atom is -0.352 e. The first-order valence-corrected chi connectivity index (χ1v) is 11.9. The van der Waals surface area contributed by atoms with Crippen molar-refractivity contribution in [3.63, 3.8) is 0 Å². The fourth-order valence-corrected chi connectivity index (χ4v) is 5.81. The molecule has 1 aliphatic heterocycles. The normalized spacial score (nSPS) is 16.0. The minimum atomic E-state index is -3.56. The maximum atomic E-state index is 12.8. The molecule has 0 spiro atoms. The lowest BCUT2D eigenvalue weighted by Crippen LogP contribution is -2.43. The van der Waals surface area contributed by atoms with Gasteiger partial charge in [0.15, 0.2) is 0 Å². The molecule has 29 heavy (non-hydrogen) atoms. The van der Waals surface area contributed by atoms with Crippen LogP contribution in [-0.4, -0.2) is 31.7 Å². The highest BCUT2D eigenvalue weighted by Gasteiger charge is 2.31. The van der Waals surface area contributed by atoms with Gasteiger partial charge in [-0.1, -0.05) is 59.1 Å². The van der Waals surface area contributed by atoms with Gasteiger partial charge in [0.2, 0.25) is 15.9 Å². The van der Waals surface area contributed by atoms with Gasteiger partial charge in [-0.25, -0.2) is 12.7 Å². The zero-order chi connectivity index (χ0) is 21.0. The molecule has 2 aromatic carbocycles. The average Bonchev–Trinajstić information content (AvgIpc) is 2.69. The molecule has 0 atom stereocenters. The number of nitrogens with one attached hydrogen (secondary N) is 1. The monoisotopic (exact) mass is 454 g/mol. The second-order valence-corrected chi connectivity index (χ2v) is 10.1. The Morgan fingerprint density at radius 1 is 1.10 bits per heavy atom. The van der Waals surface area contributed by atoms with Gasteiger partial charge in [-0.15, -0.1) is 0 Å². The largest absolute Gasteiger partial charge is 0.352 e. The molecule has 0 saturated carbocycles. The van der Waals surface area contributed by atoms with Crippen molar-refractivity contribution in [1.29, 1.82) is 0 Å². The predicted octanol–water partition coefficient (Wildman–Crippen LogP) is 4.16. The summed E-state index contributed by atoms with van der Waals surface area (Å²) in [7, 11) is -3.56. The van der Waals surface area contributed by atoms with E-state index in [9.17, 15) is 13.2 Å². The Morgan fingerprint density at radius 2 is 1.72 bits per heavy atom. The minimum absolute atomic E-state index is 0.0299. The molecular weight excluding hydrogens is 431 g/mol. The van der Waals surface area contributed by atoms with Crippen LogP contribution < -0.4 is 5.32 Å². The molecule has 156 valence electrons. The molecule has 0 radical (unpaired) electrons. The summed E-state index contributed by atoms with van der Waals surface area (Å²) < 4.78 is 27.0. The van der Waals surface area contributed by atoms with E-state index in [4.69, 9.17) is 23.2 Å². The number of piperidine rings is 1. The van der Waals surface area contributed by atoms with E-state index in [0.717, 1.165) is 11.1 Å². The number of nitrogens with zero attached hydrogens (tertiary/aromatic N) is 1. The molecule has 2 aromatic rings. The Hall–Kier alpha value is -1.60. The third-order valence-electron chi connectivity index (χ3n) is 5.16. The molecule has 8 heteroatoms. The Bertz CT molecular complexity index is 967. The van der Waals surface area contributed by atoms with Crippen molar-refractivity contribution in [3.8, 4) is 0 Å². The summed E-state index contributed by atoms with van der Waals surface area (Å²) in [6.45, 7) is 3.11. The second kappa shape index (κ2) is 9.47. The Kier molecular flexibility index (Phi) is 7.22. The SMILES string of the molecule is Cc1cccc(CNC(=O)C2CCN(S(=O)(=O)Cc3c(Cl)cccc3Cl)CC2)c1. The average molecular weight is 455 g/mol. The standard InChI is InChI=1S/C21H24Cl2N2O3S/c1-15-4-2-5-16(12-15)13-24-21(26)17-8-10-25(11-9-17)29(27,28)14-18-19(22)6-3-7-20(18)23/h2-7,12,17H,8-11,13-14H2,1H3,(H,24,26). The lowest BCUT2D eigenvalue weighted by molar-refractivity contribution is -0.126. The molecule has 0 aliphatic carbocycles. The van der Waals surface area contributed by atoms with E-state index in [-0.39, 0.29) is 17.6 Å². The number of halogens is 2. The summed E-state index contributed by atoms with van der Waals surface area (Å²) in [5.41, 5.74) is 2.61. The van der Waals surface area contributed by atoms with Gasteiger partial charge in [0.1, 0.15) is 0 Å². The van der Waals surface area contributed by atoms with Crippen LogP contribution in [0, 0.1) is 12.8 Å². The van der Waals surface area contributed by atoms with Crippen LogP contribution in [0.2, 0.25) is 10.0 Å². The molecule has 0 unspecified atom stereocenters. The third kappa shape index (κ3) is 5.72. The van der Waals surface area contributed by atoms with Crippen molar-refractivity contribution in [1.82, 2.24) is 9.62 Å². The Labute approximate surface area is 182 Å². The topological polar surface area (TPSA) is 66.5 Å². The van der Waals surface area contributed by atoms with E-state index in [1.807, 2.05) is 31.2 Å². The fourth-order valence-electron chi connectivity index (χ4n) is 3.50. The number of carbonyl (C=O) groups is 1. The quantitative estimate of drug-likeness (QED) is 0.712. The second-order valence-electron chi connectivity index (χ2n) is 7.34. The van der Waals surface area contributed by atoms with Crippen LogP contribution in [0.1, 0.15) is 29.5 Å². The zero-order valence-corrected chi connectivity index (χ0v) is 18.5. The number of sulfonamides is 1. The predicted molar refractivity (Wildman–Crippen MR) is 116 cm³/mol. The number of hydrogen-bond donors (Lipinski definition) is 1. The maximum Gasteiger partial charge on any atom is 0.223 e. The summed E-state index contributed by atoms with van der Waals surface area (Å²) in [6, 6.07) is 12.9. The smallest absolute Gasteiger partial charge is 0.223 e. The van der Waals surface area contributed by atoms with Gasteiger partial charge >= 0.3 is 0 Å². The van der Waals surface area contributed by atoms with Crippen LogP contribution in [0.5, 0.6) is 0 Å². The van der Waals surface area contributed by atoms with Gasteiger partial charge in [-0.05, 0) is 37.5 Å². The van der Waals surface area contributed by atoms with Crippen molar-refractivity contribution in [2.75, 3.05) is 13.1 Å². The summed E-state index contributed by atoms with van der Waals surface area (Å²) in [6.07, 6.45) is 0.990. The van der Waals surface area contributed by atoms with Crippen molar-refractivity contribution < 1.29 is 13.2 Å². The molecule has 0 bridgehead atoms.